The molecule has 1 N–H and O–H groups in total. The van der Waals surface area contributed by atoms with Gasteiger partial charge in [0.1, 0.15) is 37.8 Å². The minimum Gasteiger partial charge on any atom is -0.444 e. The molecule has 0 unspecified atom stereocenters. The number of hydrogen-bond acceptors (Lipinski definition) is 6. The van der Waals surface area contributed by atoms with Gasteiger partial charge in [0.2, 0.25) is 0 Å². The fraction of sp³-hybridized carbons (Fsp3) is 0.750. The van der Waals surface area contributed by atoms with Gasteiger partial charge >= 0.3 is 6.09 Å². The number of fused-ring (bicyclic) bond motifs is 1. The summed E-state index contributed by atoms with van der Waals surface area (Å²) in [5.74, 6) is -0.154. The van der Waals surface area contributed by atoms with E-state index in [1.165, 1.54) is 0 Å². The molecule has 7 nitrogen and oxygen atoms in total. The molecule has 4 rings (SSSR count). The number of nitrogens with one attached hydrogen (secondary N) is 1. The third-order valence-corrected chi connectivity index (χ3v) is 19.0. The van der Waals surface area contributed by atoms with E-state index in [0.29, 0.717) is 17.6 Å². The topological polar surface area (TPSA) is 93.0 Å². The van der Waals surface area contributed by atoms with Crippen LogP contribution in [0.15, 0.2) is 20.0 Å². The van der Waals surface area contributed by atoms with Gasteiger partial charge in [0.15, 0.2) is 0 Å². The van der Waals surface area contributed by atoms with Crippen LogP contribution >= 0.6 is 15.9 Å². The number of hydrogen-bond donors (Lipinski definition) is 1. The molecule has 2 aliphatic heterocycles. The Morgan fingerprint density at radius 1 is 1.21 bits per heavy atom. The van der Waals surface area contributed by atoms with Crippen LogP contribution in [0.4, 0.5) is 9.18 Å². The number of carbonyl (C=O) groups excluding carboxylic acids is 1. The van der Waals surface area contributed by atoms with Gasteiger partial charge in [-0.1, -0.05) is 38.9 Å². The van der Waals surface area contributed by atoms with Crippen molar-refractivity contribution >= 4 is 50.8 Å². The van der Waals surface area contributed by atoms with Crippen molar-refractivity contribution in [3.63, 3.8) is 0 Å². The highest BCUT2D eigenvalue weighted by Gasteiger charge is 2.63. The van der Waals surface area contributed by atoms with Crippen molar-refractivity contribution in [2.45, 2.75) is 121 Å². The van der Waals surface area contributed by atoms with E-state index in [0.717, 1.165) is 36.2 Å². The quantitative estimate of drug-likeness (QED) is 0.287. The monoisotopic (exact) mass is 642 g/mol. The molecule has 1 spiro atoms. The maximum atomic E-state index is 16.9. The summed E-state index contributed by atoms with van der Waals surface area (Å²) in [4.78, 5) is 22.7. The van der Waals surface area contributed by atoms with Crippen molar-refractivity contribution in [1.82, 2.24) is 10.3 Å². The molecule has 218 valence electrons. The zero-order valence-corrected chi connectivity index (χ0v) is 28.2. The summed E-state index contributed by atoms with van der Waals surface area (Å²) >= 11 is 3.58. The molecule has 3 heterocycles. The fourth-order valence-electron chi connectivity index (χ4n) is 6.36. The Hall–Kier alpha value is -1.33. The predicted octanol–water partition coefficient (Wildman–Crippen LogP) is 6.65. The lowest BCUT2D eigenvalue weighted by Gasteiger charge is -2.50. The van der Waals surface area contributed by atoms with Gasteiger partial charge in [-0.15, -0.1) is 0 Å². The van der Waals surface area contributed by atoms with Crippen LogP contribution in [-0.4, -0.2) is 51.3 Å². The van der Waals surface area contributed by atoms with Crippen LogP contribution in [0.2, 0.25) is 18.1 Å². The molecular weight excluding hydrogens is 599 g/mol. The highest BCUT2D eigenvalue weighted by Crippen LogP contribution is 2.59. The molecule has 1 saturated carbocycles. The van der Waals surface area contributed by atoms with Crippen molar-refractivity contribution in [3.8, 4) is 0 Å². The zero-order chi connectivity index (χ0) is 29.2. The van der Waals surface area contributed by atoms with Gasteiger partial charge in [-0.3, -0.25) is 10.3 Å². The van der Waals surface area contributed by atoms with Gasteiger partial charge in [0.25, 0.3) is 0 Å². The predicted molar refractivity (Wildman–Crippen MR) is 162 cm³/mol. The molecule has 3 atom stereocenters. The highest BCUT2D eigenvalue weighted by molar-refractivity contribution is 9.10. The molecule has 39 heavy (non-hydrogen) atoms. The number of alkyl carbamates (subject to hydrolysis) is 1. The third-order valence-electron chi connectivity index (χ3n) is 9.45. The number of ether oxygens (including phenoxy) is 1. The summed E-state index contributed by atoms with van der Waals surface area (Å²) in [7, 11) is -5.17. The summed E-state index contributed by atoms with van der Waals surface area (Å²) in [6.07, 6.45) is 1.98. The van der Waals surface area contributed by atoms with Crippen molar-refractivity contribution in [2.75, 3.05) is 6.54 Å². The number of amides is 1. The van der Waals surface area contributed by atoms with E-state index in [1.807, 2.05) is 26.8 Å². The van der Waals surface area contributed by atoms with Gasteiger partial charge in [-0.05, 0) is 93.4 Å². The average Bonchev–Trinajstić information content (AvgIpc) is 3.60. The lowest BCUT2D eigenvalue weighted by molar-refractivity contribution is 0.0560. The molecule has 1 fully saturated rings. The van der Waals surface area contributed by atoms with Crippen LogP contribution in [0.1, 0.15) is 87.3 Å². The van der Waals surface area contributed by atoms with Crippen LogP contribution in [-0.2, 0) is 20.0 Å². The molecule has 0 saturated heterocycles. The number of pyridine rings is 1. The first-order valence-electron chi connectivity index (χ1n) is 14.1. The van der Waals surface area contributed by atoms with Crippen molar-refractivity contribution in [3.05, 3.63) is 22.2 Å². The average molecular weight is 644 g/mol. The van der Waals surface area contributed by atoms with Crippen molar-refractivity contribution < 1.29 is 18.1 Å². The number of amidine groups is 1. The van der Waals surface area contributed by atoms with Gasteiger partial charge in [0, 0.05) is 0 Å². The van der Waals surface area contributed by atoms with Gasteiger partial charge in [-0.25, -0.2) is 22.7 Å². The van der Waals surface area contributed by atoms with Crippen molar-refractivity contribution in [1.29, 1.82) is 0 Å². The Morgan fingerprint density at radius 2 is 1.79 bits per heavy atom. The highest BCUT2D eigenvalue weighted by atomic mass is 79.9. The van der Waals surface area contributed by atoms with E-state index in [1.54, 1.807) is 20.8 Å². The number of carbonyl (C=O) groups is 1. The van der Waals surface area contributed by atoms with E-state index < -0.39 is 45.0 Å². The molecule has 1 aromatic rings. The summed E-state index contributed by atoms with van der Waals surface area (Å²) in [5.41, 5.74) is -1.85. The first kappa shape index (κ1) is 30.6. The first-order valence-corrected chi connectivity index (χ1v) is 19.1. The molecule has 0 radical (unpaired) electrons. The second-order valence-corrected chi connectivity index (χ2v) is 22.3. The molecule has 0 aromatic carbocycles. The Kier molecular flexibility index (Phi) is 7.77. The lowest BCUT2D eigenvalue weighted by Crippen LogP contribution is -2.63. The molecule has 1 aromatic heterocycles. The molecule has 11 heteroatoms. The largest absolute Gasteiger partial charge is 0.444 e. The van der Waals surface area contributed by atoms with Gasteiger partial charge < -0.3 is 4.74 Å². The molecule has 3 aliphatic rings. The Morgan fingerprint density at radius 3 is 2.31 bits per heavy atom. The van der Waals surface area contributed by atoms with E-state index >= 15 is 8.60 Å². The standard InChI is InChI=1S/C28H44BrFN4O3SSi/c1-10-39(11-2,12-3)18-15-20(29)32-22(21(18)30)27(9)19-16-28(13-14-28)17-31-38(19,36)26(7,8)23(34-27)33-24(35)37-25(4,5)6/h15,19H,10-14,16-17H2,1-9H3,(H,33,34,35)/t19-,27-,38+/m0/s1. The zero-order valence-electron chi connectivity index (χ0n) is 24.8. The Balaban J connectivity index is 1.99. The van der Waals surface area contributed by atoms with Crippen LogP contribution in [0.3, 0.4) is 0 Å². The molecule has 0 bridgehead atoms. The summed E-state index contributed by atoms with van der Waals surface area (Å²) in [5, 5.41) is 2.98. The van der Waals surface area contributed by atoms with Crippen LogP contribution in [0.5, 0.6) is 0 Å². The summed E-state index contributed by atoms with van der Waals surface area (Å²) < 4.78 is 41.8. The van der Waals surface area contributed by atoms with Crippen LogP contribution < -0.4 is 10.5 Å². The molecular formula is C28H44BrFN4O3SSi. The second kappa shape index (κ2) is 9.89. The number of aliphatic imine (C=N–C) groups is 1. The minimum atomic E-state index is -3.02. The van der Waals surface area contributed by atoms with Crippen LogP contribution in [0, 0.1) is 11.2 Å². The summed E-state index contributed by atoms with van der Waals surface area (Å²) in [6.45, 7) is 17.7. The minimum absolute atomic E-state index is 0.00534. The normalized spacial score (nSPS) is 29.2. The van der Waals surface area contributed by atoms with Crippen molar-refractivity contribution in [2.24, 2.45) is 14.8 Å². The van der Waals surface area contributed by atoms with E-state index in [2.05, 4.69) is 42.0 Å². The Bertz CT molecular complexity index is 1320. The molecule has 1 amide bonds. The maximum Gasteiger partial charge on any atom is 0.413 e. The van der Waals surface area contributed by atoms with E-state index in [-0.39, 0.29) is 22.8 Å². The van der Waals surface area contributed by atoms with Crippen LogP contribution in [0.25, 0.3) is 0 Å². The Labute approximate surface area is 242 Å². The van der Waals surface area contributed by atoms with Gasteiger partial charge in [0.05, 0.1) is 29.6 Å². The number of aromatic nitrogens is 1. The third kappa shape index (κ3) is 5.02. The second-order valence-electron chi connectivity index (χ2n) is 13.3. The number of rotatable bonds is 5. The fourth-order valence-corrected chi connectivity index (χ4v) is 14.1. The molecule has 1 aliphatic carbocycles. The number of halogens is 2. The number of nitrogens with zero attached hydrogens (tertiary/aromatic N) is 3. The SMILES string of the molecule is CC[Si](CC)(CC)c1cc(Br)nc([C@@]2(C)N=C(NC(=O)OC(C)(C)C)C(C)(C)[S@@]3(=O)=NCC4(CC4)C[C@@H]23)c1F. The lowest BCUT2D eigenvalue weighted by atomic mass is 9.85. The maximum absolute atomic E-state index is 16.9. The first-order chi connectivity index (χ1) is 17.9. The van der Waals surface area contributed by atoms with Gasteiger partial charge in [-0.2, -0.15) is 0 Å². The van der Waals surface area contributed by atoms with E-state index in [9.17, 15) is 4.79 Å². The summed E-state index contributed by atoms with van der Waals surface area (Å²) in [6, 6.07) is 4.56. The smallest absolute Gasteiger partial charge is 0.413 e. The van der Waals surface area contributed by atoms with E-state index in [4.69, 9.17) is 19.1 Å².